The van der Waals surface area contributed by atoms with Gasteiger partial charge in [0.05, 0.1) is 24.6 Å². The second kappa shape index (κ2) is 5.86. The Morgan fingerprint density at radius 2 is 2.38 bits per heavy atom. The van der Waals surface area contributed by atoms with Crippen molar-refractivity contribution < 1.29 is 14.6 Å². The Bertz CT molecular complexity index is 351. The highest BCUT2D eigenvalue weighted by molar-refractivity contribution is 7.14. The summed E-state index contributed by atoms with van der Waals surface area (Å²) < 4.78 is 4.50. The lowest BCUT2D eigenvalue weighted by Crippen LogP contribution is -2.30. The van der Waals surface area contributed by atoms with Crippen LogP contribution in [0, 0.1) is 6.92 Å². The van der Waals surface area contributed by atoms with Crippen LogP contribution in [0.3, 0.4) is 0 Å². The third kappa shape index (κ3) is 3.50. The molecule has 0 aliphatic rings. The highest BCUT2D eigenvalue weighted by Crippen LogP contribution is 2.25. The molecule has 1 rings (SSSR count). The number of esters is 1. The standard InChI is InChI=1S/C11H17NO3S/c1-8-4-5-16-11(8)12(2)7-9(13)6-10(14)15-3/h4-5,9,13H,6-7H2,1-3H3. The number of anilines is 1. The summed E-state index contributed by atoms with van der Waals surface area (Å²) in [6.07, 6.45) is -0.662. The van der Waals surface area contributed by atoms with Crippen molar-refractivity contribution in [1.29, 1.82) is 0 Å². The largest absolute Gasteiger partial charge is 0.469 e. The number of thiophene rings is 1. The molecule has 1 unspecified atom stereocenters. The van der Waals surface area contributed by atoms with Crippen LogP contribution in [0.25, 0.3) is 0 Å². The van der Waals surface area contributed by atoms with E-state index in [1.54, 1.807) is 11.3 Å². The summed E-state index contributed by atoms with van der Waals surface area (Å²) in [7, 11) is 3.22. The van der Waals surface area contributed by atoms with E-state index in [0.717, 1.165) is 5.00 Å². The number of aliphatic hydroxyl groups excluding tert-OH is 1. The van der Waals surface area contributed by atoms with Crippen molar-refractivity contribution in [3.63, 3.8) is 0 Å². The van der Waals surface area contributed by atoms with Gasteiger partial charge in [0.25, 0.3) is 0 Å². The zero-order valence-electron chi connectivity index (χ0n) is 9.77. The number of rotatable bonds is 5. The summed E-state index contributed by atoms with van der Waals surface area (Å²) in [5.41, 5.74) is 1.18. The minimum absolute atomic E-state index is 0.0330. The van der Waals surface area contributed by atoms with Crippen molar-refractivity contribution in [3.05, 3.63) is 17.0 Å². The van der Waals surface area contributed by atoms with Crippen LogP contribution in [0.15, 0.2) is 11.4 Å². The summed E-state index contributed by atoms with van der Waals surface area (Å²) >= 11 is 1.62. The van der Waals surface area contributed by atoms with Crippen LogP contribution in [0.1, 0.15) is 12.0 Å². The normalized spacial score (nSPS) is 12.2. The van der Waals surface area contributed by atoms with Gasteiger partial charge in [0.1, 0.15) is 0 Å². The van der Waals surface area contributed by atoms with Gasteiger partial charge in [-0.05, 0) is 23.9 Å². The fraction of sp³-hybridized carbons (Fsp3) is 0.545. The van der Waals surface area contributed by atoms with Crippen LogP contribution in [-0.2, 0) is 9.53 Å². The van der Waals surface area contributed by atoms with E-state index in [-0.39, 0.29) is 12.4 Å². The van der Waals surface area contributed by atoms with Crippen molar-refractivity contribution in [2.75, 3.05) is 25.6 Å². The molecule has 0 amide bonds. The Balaban J connectivity index is 2.48. The monoisotopic (exact) mass is 243 g/mol. The molecule has 0 aliphatic heterocycles. The van der Waals surface area contributed by atoms with Crippen LogP contribution >= 0.6 is 11.3 Å². The predicted molar refractivity (Wildman–Crippen MR) is 65.0 cm³/mol. The molecule has 0 saturated heterocycles. The first-order valence-corrected chi connectivity index (χ1v) is 5.92. The number of methoxy groups -OCH3 is 1. The topological polar surface area (TPSA) is 49.8 Å². The molecule has 0 aromatic carbocycles. The fourth-order valence-electron chi connectivity index (χ4n) is 1.50. The second-order valence-corrected chi connectivity index (χ2v) is 4.62. The molecular formula is C11H17NO3S. The molecule has 0 saturated carbocycles. The van der Waals surface area contributed by atoms with E-state index >= 15 is 0 Å². The van der Waals surface area contributed by atoms with Gasteiger partial charge in [-0.2, -0.15) is 0 Å². The minimum Gasteiger partial charge on any atom is -0.469 e. The highest BCUT2D eigenvalue weighted by Gasteiger charge is 2.15. The number of aryl methyl sites for hydroxylation is 1. The van der Waals surface area contributed by atoms with Crippen molar-refractivity contribution in [1.82, 2.24) is 0 Å². The summed E-state index contributed by atoms with van der Waals surface area (Å²) in [5, 5.41) is 12.8. The number of aliphatic hydroxyl groups is 1. The van der Waals surface area contributed by atoms with E-state index in [0.29, 0.717) is 6.54 Å². The first-order chi connectivity index (χ1) is 7.54. The number of carbonyl (C=O) groups excluding carboxylic acids is 1. The average molecular weight is 243 g/mol. The predicted octanol–water partition coefficient (Wildman–Crippen LogP) is 1.42. The molecular weight excluding hydrogens is 226 g/mol. The van der Waals surface area contributed by atoms with Gasteiger partial charge < -0.3 is 14.7 Å². The number of carbonyl (C=O) groups is 1. The molecule has 0 radical (unpaired) electrons. The Morgan fingerprint density at radius 3 is 2.88 bits per heavy atom. The number of ether oxygens (including phenoxy) is 1. The molecule has 0 fully saturated rings. The number of nitrogens with zero attached hydrogens (tertiary/aromatic N) is 1. The molecule has 0 aliphatic carbocycles. The summed E-state index contributed by atoms with van der Waals surface area (Å²) in [6.45, 7) is 2.45. The molecule has 0 bridgehead atoms. The molecule has 4 nitrogen and oxygen atoms in total. The van der Waals surface area contributed by atoms with E-state index in [4.69, 9.17) is 0 Å². The third-order valence-electron chi connectivity index (χ3n) is 2.30. The molecule has 90 valence electrons. The molecule has 1 aromatic heterocycles. The van der Waals surface area contributed by atoms with Gasteiger partial charge in [-0.15, -0.1) is 11.3 Å². The van der Waals surface area contributed by atoms with Gasteiger partial charge in [-0.3, -0.25) is 4.79 Å². The Hall–Kier alpha value is -1.07. The maximum Gasteiger partial charge on any atom is 0.308 e. The van der Waals surface area contributed by atoms with E-state index < -0.39 is 6.10 Å². The SMILES string of the molecule is COC(=O)CC(O)CN(C)c1sccc1C. The smallest absolute Gasteiger partial charge is 0.308 e. The molecule has 0 spiro atoms. The quantitative estimate of drug-likeness (QED) is 0.795. The lowest BCUT2D eigenvalue weighted by Gasteiger charge is -2.21. The van der Waals surface area contributed by atoms with Crippen molar-refractivity contribution in [2.45, 2.75) is 19.4 Å². The summed E-state index contributed by atoms with van der Waals surface area (Å²) in [5.74, 6) is -0.385. The lowest BCUT2D eigenvalue weighted by molar-refractivity contribution is -0.142. The van der Waals surface area contributed by atoms with Crippen LogP contribution < -0.4 is 4.90 Å². The number of hydrogen-bond donors (Lipinski definition) is 1. The van der Waals surface area contributed by atoms with Gasteiger partial charge in [-0.25, -0.2) is 0 Å². The van der Waals surface area contributed by atoms with Gasteiger partial charge in [0.2, 0.25) is 0 Å². The third-order valence-corrected chi connectivity index (χ3v) is 3.43. The van der Waals surface area contributed by atoms with Crippen molar-refractivity contribution in [2.24, 2.45) is 0 Å². The minimum atomic E-state index is -0.695. The summed E-state index contributed by atoms with van der Waals surface area (Å²) in [4.78, 5) is 12.9. The first-order valence-electron chi connectivity index (χ1n) is 5.04. The van der Waals surface area contributed by atoms with Gasteiger partial charge >= 0.3 is 5.97 Å². The van der Waals surface area contributed by atoms with E-state index in [2.05, 4.69) is 4.74 Å². The van der Waals surface area contributed by atoms with Crippen molar-refractivity contribution in [3.8, 4) is 0 Å². The average Bonchev–Trinajstić information content (AvgIpc) is 2.63. The maximum atomic E-state index is 11.0. The maximum absolute atomic E-state index is 11.0. The lowest BCUT2D eigenvalue weighted by atomic mass is 10.2. The van der Waals surface area contributed by atoms with Gasteiger partial charge in [0, 0.05) is 13.6 Å². The molecule has 1 aromatic rings. The Morgan fingerprint density at radius 1 is 1.69 bits per heavy atom. The van der Waals surface area contributed by atoms with E-state index in [9.17, 15) is 9.90 Å². The van der Waals surface area contributed by atoms with Crippen LogP contribution in [0.2, 0.25) is 0 Å². The zero-order valence-corrected chi connectivity index (χ0v) is 10.6. The van der Waals surface area contributed by atoms with Crippen LogP contribution in [0.5, 0.6) is 0 Å². The van der Waals surface area contributed by atoms with E-state index in [1.807, 2.05) is 30.3 Å². The molecule has 5 heteroatoms. The molecule has 16 heavy (non-hydrogen) atoms. The second-order valence-electron chi connectivity index (χ2n) is 3.72. The van der Waals surface area contributed by atoms with Crippen molar-refractivity contribution >= 4 is 22.3 Å². The Labute approximate surface area is 99.5 Å². The first kappa shape index (κ1) is 13.0. The van der Waals surface area contributed by atoms with Crippen LogP contribution in [0.4, 0.5) is 5.00 Å². The number of hydrogen-bond acceptors (Lipinski definition) is 5. The molecule has 1 N–H and O–H groups in total. The summed E-state index contributed by atoms with van der Waals surface area (Å²) in [6, 6.07) is 2.03. The molecule has 1 heterocycles. The van der Waals surface area contributed by atoms with Crippen LogP contribution in [-0.4, -0.2) is 37.9 Å². The zero-order chi connectivity index (χ0) is 12.1. The van der Waals surface area contributed by atoms with Gasteiger partial charge in [-0.1, -0.05) is 0 Å². The molecule has 1 atom stereocenters. The van der Waals surface area contributed by atoms with Gasteiger partial charge in [0.15, 0.2) is 0 Å². The van der Waals surface area contributed by atoms with E-state index in [1.165, 1.54) is 12.7 Å². The fourth-order valence-corrected chi connectivity index (χ4v) is 2.40. The Kier molecular flexibility index (Phi) is 4.76. The highest BCUT2D eigenvalue weighted by atomic mass is 32.1. The number of likely N-dealkylation sites (N-methyl/N-ethyl adjacent to an activating group) is 1.